The van der Waals surface area contributed by atoms with Crippen LogP contribution in [0.1, 0.15) is 57.1 Å². The zero-order valence-corrected chi connectivity index (χ0v) is 32.3. The number of nitrogens with zero attached hydrogens (tertiary/aromatic N) is 2. The second kappa shape index (κ2) is 14.7. The molecule has 0 saturated carbocycles. The van der Waals surface area contributed by atoms with Crippen LogP contribution in [0.2, 0.25) is 0 Å². The van der Waals surface area contributed by atoms with Crippen molar-refractivity contribution in [2.75, 3.05) is 0 Å². The van der Waals surface area contributed by atoms with Crippen LogP contribution in [-0.4, -0.2) is 15.1 Å². The van der Waals surface area contributed by atoms with Crippen LogP contribution in [0, 0.1) is 5.41 Å². The van der Waals surface area contributed by atoms with E-state index in [1.807, 2.05) is 6.07 Å². The zero-order valence-electron chi connectivity index (χ0n) is 32.3. The average molecular weight is 731 g/mol. The van der Waals surface area contributed by atoms with Gasteiger partial charge in [-0.2, -0.15) is 0 Å². The molecule has 0 amide bonds. The summed E-state index contributed by atoms with van der Waals surface area (Å²) in [5.74, 6) is 0.264. The molecule has 2 heterocycles. The molecule has 0 saturated heterocycles. The van der Waals surface area contributed by atoms with Crippen molar-refractivity contribution in [3.63, 3.8) is 0 Å². The zero-order chi connectivity index (χ0) is 38.2. The second-order valence-corrected chi connectivity index (χ2v) is 15.5. The van der Waals surface area contributed by atoms with Crippen molar-refractivity contribution in [3.8, 4) is 22.5 Å². The molecule has 0 aliphatic carbocycles. The van der Waals surface area contributed by atoms with Gasteiger partial charge in [0, 0.05) is 32.9 Å². The maximum absolute atomic E-state index is 13.6. The van der Waals surface area contributed by atoms with Gasteiger partial charge in [-0.05, 0) is 109 Å². The first kappa shape index (κ1) is 35.3. The third-order valence-electron chi connectivity index (χ3n) is 12.0. The molecule has 7 aromatic carbocycles. The molecule has 0 fully saturated rings. The Balaban J connectivity index is 0.948. The van der Waals surface area contributed by atoms with E-state index in [-0.39, 0.29) is 12.6 Å². The van der Waals surface area contributed by atoms with Gasteiger partial charge in [0.15, 0.2) is 0 Å². The maximum atomic E-state index is 13.6. The number of esters is 1. The van der Waals surface area contributed by atoms with Crippen LogP contribution in [0.4, 0.5) is 0 Å². The number of rotatable bonds is 11. The number of para-hydroxylation sites is 3. The second-order valence-electron chi connectivity index (χ2n) is 15.5. The van der Waals surface area contributed by atoms with E-state index in [0.717, 1.165) is 52.6 Å². The van der Waals surface area contributed by atoms with Crippen LogP contribution in [0.5, 0.6) is 0 Å². The molecule has 0 radical (unpaired) electrons. The number of carbonyl (C=O) groups excluding carboxylic acids is 1. The fourth-order valence-electron chi connectivity index (χ4n) is 8.42. The minimum absolute atomic E-state index is 0.121. The molecule has 9 rings (SSSR count). The van der Waals surface area contributed by atoms with E-state index in [1.54, 1.807) is 0 Å². The van der Waals surface area contributed by atoms with Crippen molar-refractivity contribution in [1.29, 1.82) is 0 Å². The van der Waals surface area contributed by atoms with E-state index in [4.69, 9.17) is 4.74 Å². The van der Waals surface area contributed by atoms with Gasteiger partial charge in [-0.3, -0.25) is 4.79 Å². The maximum Gasteiger partial charge on any atom is 0.312 e. The topological polar surface area (TPSA) is 36.2 Å². The Morgan fingerprint density at radius 2 is 1.04 bits per heavy atom. The van der Waals surface area contributed by atoms with E-state index < -0.39 is 5.41 Å². The molecule has 2 aromatic heterocycles. The number of fused-ring (bicyclic) bond motifs is 6. The largest absolute Gasteiger partial charge is 0.460 e. The van der Waals surface area contributed by atoms with E-state index in [2.05, 4.69) is 194 Å². The minimum atomic E-state index is -0.524. The van der Waals surface area contributed by atoms with Crippen LogP contribution in [0.25, 0.3) is 66.1 Å². The Kier molecular flexibility index (Phi) is 9.26. The van der Waals surface area contributed by atoms with E-state index in [0.29, 0.717) is 5.92 Å². The number of ether oxygens (including phenoxy) is 1. The van der Waals surface area contributed by atoms with Crippen LogP contribution in [-0.2, 0) is 16.1 Å². The number of aromatic nitrogens is 2. The molecule has 4 nitrogen and oxygen atoms in total. The van der Waals surface area contributed by atoms with E-state index >= 15 is 0 Å². The van der Waals surface area contributed by atoms with Gasteiger partial charge in [0.2, 0.25) is 0 Å². The van der Waals surface area contributed by atoms with Gasteiger partial charge in [0.1, 0.15) is 6.61 Å². The van der Waals surface area contributed by atoms with Crippen molar-refractivity contribution in [3.05, 3.63) is 181 Å². The van der Waals surface area contributed by atoms with E-state index in [9.17, 15) is 4.79 Å². The predicted molar refractivity (Wildman–Crippen MR) is 233 cm³/mol. The monoisotopic (exact) mass is 730 g/mol. The smallest absolute Gasteiger partial charge is 0.312 e. The Bertz CT molecular complexity index is 2780. The average Bonchev–Trinajstić information content (AvgIpc) is 3.77. The lowest BCUT2D eigenvalue weighted by atomic mass is 9.79. The molecule has 56 heavy (non-hydrogen) atoms. The summed E-state index contributed by atoms with van der Waals surface area (Å²) in [5, 5.41) is 4.85. The first-order valence-corrected chi connectivity index (χ1v) is 19.9. The minimum Gasteiger partial charge on any atom is -0.460 e. The molecule has 0 spiro atoms. The van der Waals surface area contributed by atoms with Gasteiger partial charge in [-0.1, -0.05) is 129 Å². The van der Waals surface area contributed by atoms with Gasteiger partial charge in [0.05, 0.1) is 27.5 Å². The fourth-order valence-corrected chi connectivity index (χ4v) is 8.42. The molecular formula is C52H46N2O2. The Morgan fingerprint density at radius 1 is 0.571 bits per heavy atom. The van der Waals surface area contributed by atoms with Crippen molar-refractivity contribution >= 4 is 49.6 Å². The highest BCUT2D eigenvalue weighted by molar-refractivity contribution is 6.10. The van der Waals surface area contributed by atoms with E-state index in [1.165, 1.54) is 43.9 Å². The molecule has 276 valence electrons. The molecule has 0 aliphatic heterocycles. The third-order valence-corrected chi connectivity index (χ3v) is 12.0. The first-order chi connectivity index (χ1) is 27.4. The molecule has 0 N–H and O–H groups in total. The Hall–Kier alpha value is -6.39. The summed E-state index contributed by atoms with van der Waals surface area (Å²) in [6, 6.07) is 60.5. The van der Waals surface area contributed by atoms with Gasteiger partial charge >= 0.3 is 5.97 Å². The Morgan fingerprint density at radius 3 is 1.55 bits per heavy atom. The summed E-state index contributed by atoms with van der Waals surface area (Å²) in [6.07, 6.45) is 2.47. The van der Waals surface area contributed by atoms with Gasteiger partial charge in [-0.25, -0.2) is 0 Å². The Labute approximate surface area is 328 Å². The summed E-state index contributed by atoms with van der Waals surface area (Å²) in [6.45, 7) is 6.63. The van der Waals surface area contributed by atoms with Crippen molar-refractivity contribution in [2.24, 2.45) is 5.41 Å². The SMILES string of the molecule is CCC(C)(CCC(C)c1ccccc1)C(=O)OCc1ccc2c(c1)c1ccccc1n2-c1ccc(-c2ccc(-n3c4ccccc4c4ccccc43)cc2)cc1. The molecule has 4 heteroatoms. The molecule has 0 bridgehead atoms. The van der Waals surface area contributed by atoms with Gasteiger partial charge in [0.25, 0.3) is 0 Å². The highest BCUT2D eigenvalue weighted by atomic mass is 16.5. The lowest BCUT2D eigenvalue weighted by Crippen LogP contribution is -2.29. The quantitative estimate of drug-likeness (QED) is 0.124. The lowest BCUT2D eigenvalue weighted by molar-refractivity contribution is -0.157. The van der Waals surface area contributed by atoms with Crippen molar-refractivity contribution in [2.45, 2.75) is 52.6 Å². The van der Waals surface area contributed by atoms with Crippen molar-refractivity contribution < 1.29 is 9.53 Å². The molecule has 9 aromatic rings. The van der Waals surface area contributed by atoms with Gasteiger partial charge < -0.3 is 13.9 Å². The predicted octanol–water partition coefficient (Wildman–Crippen LogP) is 13.6. The highest BCUT2D eigenvalue weighted by Crippen LogP contribution is 2.37. The third kappa shape index (κ3) is 6.35. The first-order valence-electron chi connectivity index (χ1n) is 19.9. The van der Waals surface area contributed by atoms with Crippen molar-refractivity contribution in [1.82, 2.24) is 9.13 Å². The normalized spacial score (nSPS) is 13.3. The number of hydrogen-bond acceptors (Lipinski definition) is 2. The number of benzene rings is 7. The summed E-state index contributed by atoms with van der Waals surface area (Å²) in [7, 11) is 0. The van der Waals surface area contributed by atoms with Crippen LogP contribution in [0.15, 0.2) is 170 Å². The lowest BCUT2D eigenvalue weighted by Gasteiger charge is -2.27. The molecule has 0 aliphatic rings. The highest BCUT2D eigenvalue weighted by Gasteiger charge is 2.33. The van der Waals surface area contributed by atoms with Crippen LogP contribution >= 0.6 is 0 Å². The summed E-state index contributed by atoms with van der Waals surface area (Å²) >= 11 is 0. The summed E-state index contributed by atoms with van der Waals surface area (Å²) < 4.78 is 10.7. The molecule has 2 unspecified atom stereocenters. The van der Waals surface area contributed by atoms with Gasteiger partial charge in [-0.15, -0.1) is 0 Å². The fraction of sp³-hybridized carbons (Fsp3) is 0.173. The number of hydrogen-bond donors (Lipinski definition) is 0. The standard InChI is InChI=1S/C52H46N2O2/c1-4-52(3,33-32-36(2)38-14-6-5-7-15-38)51(55)56-35-37-22-31-50-46(34-37)45-18-10-13-21-49(45)54(50)42-29-25-40(26-30-42)39-23-27-41(28-24-39)53-47-19-11-8-16-43(47)44-17-9-12-20-48(44)53/h5-31,34,36H,4,32-33,35H2,1-3H3. The molecule has 2 atom stereocenters. The van der Waals surface area contributed by atoms with Crippen LogP contribution < -0.4 is 0 Å². The molecular weight excluding hydrogens is 685 g/mol. The summed E-state index contributed by atoms with van der Waals surface area (Å²) in [5.41, 5.74) is 11.1. The van der Waals surface area contributed by atoms with Crippen LogP contribution in [0.3, 0.4) is 0 Å². The number of carbonyl (C=O) groups is 1. The summed E-state index contributed by atoms with van der Waals surface area (Å²) in [4.78, 5) is 13.6.